The van der Waals surface area contributed by atoms with Crippen LogP contribution in [0.2, 0.25) is 0 Å². The molecule has 1 fully saturated rings. The minimum Gasteiger partial charge on any atom is -0.305 e. The minimum absolute atomic E-state index is 0.214. The molecule has 1 saturated carbocycles. The maximum Gasteiger partial charge on any atom is 0.189 e. The average Bonchev–Trinajstić information content (AvgIpc) is 2.69. The topological polar surface area (TPSA) is 98.5 Å². The van der Waals surface area contributed by atoms with Crippen LogP contribution < -0.4 is 0 Å². The van der Waals surface area contributed by atoms with Gasteiger partial charge in [-0.25, -0.2) is 4.39 Å². The molecule has 1 aromatic rings. The smallest absolute Gasteiger partial charge is 0.189 e. The maximum atomic E-state index is 14.9. The zero-order chi connectivity index (χ0) is 20.6. The molecule has 0 bridgehead atoms. The number of halogens is 2. The van der Waals surface area contributed by atoms with E-state index in [0.29, 0.717) is 17.6 Å². The standard InChI is InChI=1S/C21H19BrFN5/c1-12(2)28-6-5-14-16(8-24)20(27)21(10-25,11-26)19(17(14)9-28)15-7-13(22)3-4-18(15)23/h3-5,7,12,16-17,19,27H,6,9H2,1-2H3/t16?,17-,19+/m1/s1. The first-order valence-corrected chi connectivity index (χ1v) is 9.80. The van der Waals surface area contributed by atoms with E-state index in [1.165, 1.54) is 6.07 Å². The van der Waals surface area contributed by atoms with Crippen molar-refractivity contribution in [2.75, 3.05) is 13.1 Å². The second-order valence-corrected chi connectivity index (χ2v) is 8.42. The summed E-state index contributed by atoms with van der Waals surface area (Å²) in [6, 6.07) is 10.7. The fraction of sp³-hybridized carbons (Fsp3) is 0.429. The lowest BCUT2D eigenvalue weighted by Crippen LogP contribution is -2.53. The van der Waals surface area contributed by atoms with E-state index >= 15 is 0 Å². The molecule has 1 unspecified atom stereocenters. The Bertz CT molecular complexity index is 964. The van der Waals surface area contributed by atoms with Crippen LogP contribution >= 0.6 is 15.9 Å². The van der Waals surface area contributed by atoms with Crippen molar-refractivity contribution in [1.82, 2.24) is 4.90 Å². The highest BCUT2D eigenvalue weighted by Crippen LogP contribution is 2.54. The van der Waals surface area contributed by atoms with Gasteiger partial charge in [-0.05, 0) is 43.2 Å². The minimum atomic E-state index is -1.90. The normalized spacial score (nSPS) is 26.6. The van der Waals surface area contributed by atoms with E-state index in [-0.39, 0.29) is 17.3 Å². The summed E-state index contributed by atoms with van der Waals surface area (Å²) < 4.78 is 15.5. The number of hydrogen-bond donors (Lipinski definition) is 1. The first-order valence-electron chi connectivity index (χ1n) is 9.00. The quantitative estimate of drug-likeness (QED) is 0.699. The Hall–Kier alpha value is -2.53. The third-order valence-corrected chi connectivity index (χ3v) is 6.34. The number of benzene rings is 1. The zero-order valence-corrected chi connectivity index (χ0v) is 17.2. The summed E-state index contributed by atoms with van der Waals surface area (Å²) >= 11 is 3.34. The molecule has 0 radical (unpaired) electrons. The summed E-state index contributed by atoms with van der Waals surface area (Å²) in [6.07, 6.45) is 1.91. The lowest BCUT2D eigenvalue weighted by Gasteiger charge is -2.48. The van der Waals surface area contributed by atoms with Gasteiger partial charge in [0.2, 0.25) is 0 Å². The molecule has 0 amide bonds. The second-order valence-electron chi connectivity index (χ2n) is 7.51. The first-order chi connectivity index (χ1) is 13.3. The van der Waals surface area contributed by atoms with E-state index < -0.39 is 29.0 Å². The van der Waals surface area contributed by atoms with Crippen molar-refractivity contribution in [1.29, 1.82) is 21.2 Å². The predicted octanol–water partition coefficient (Wildman–Crippen LogP) is 4.15. The Balaban J connectivity index is 2.30. The van der Waals surface area contributed by atoms with Crippen LogP contribution in [0, 0.1) is 62.5 Å². The van der Waals surface area contributed by atoms with Crippen LogP contribution in [0.5, 0.6) is 0 Å². The summed E-state index contributed by atoms with van der Waals surface area (Å²) in [4.78, 5) is 2.17. The number of nitrogens with one attached hydrogen (secondary N) is 1. The molecule has 142 valence electrons. The predicted molar refractivity (Wildman–Crippen MR) is 106 cm³/mol. The van der Waals surface area contributed by atoms with Crippen molar-refractivity contribution >= 4 is 21.6 Å². The van der Waals surface area contributed by atoms with Gasteiger partial charge in [0.15, 0.2) is 5.41 Å². The highest BCUT2D eigenvalue weighted by atomic mass is 79.9. The molecule has 0 aromatic heterocycles. The molecule has 1 heterocycles. The Labute approximate surface area is 172 Å². The van der Waals surface area contributed by atoms with Gasteiger partial charge in [0, 0.05) is 35.4 Å². The van der Waals surface area contributed by atoms with Crippen LogP contribution in [-0.2, 0) is 0 Å². The van der Waals surface area contributed by atoms with E-state index in [2.05, 4.69) is 26.9 Å². The van der Waals surface area contributed by atoms with E-state index in [0.717, 1.165) is 5.57 Å². The number of nitriles is 3. The second kappa shape index (κ2) is 7.47. The largest absolute Gasteiger partial charge is 0.305 e. The summed E-state index contributed by atoms with van der Waals surface area (Å²) in [5.41, 5.74) is -1.22. The number of fused-ring (bicyclic) bond motifs is 1. The number of hydrogen-bond acceptors (Lipinski definition) is 5. The molecule has 1 N–H and O–H groups in total. The molecule has 1 aliphatic heterocycles. The van der Waals surface area contributed by atoms with Gasteiger partial charge in [0.1, 0.15) is 11.7 Å². The third-order valence-electron chi connectivity index (χ3n) is 5.84. The van der Waals surface area contributed by atoms with Crippen LogP contribution in [0.3, 0.4) is 0 Å². The molecule has 7 heteroatoms. The molecular formula is C21H19BrFN5. The Morgan fingerprint density at radius 2 is 1.96 bits per heavy atom. The number of rotatable bonds is 2. The van der Waals surface area contributed by atoms with Crippen molar-refractivity contribution in [3.05, 3.63) is 45.7 Å². The highest BCUT2D eigenvalue weighted by molar-refractivity contribution is 9.10. The summed E-state index contributed by atoms with van der Waals surface area (Å²) in [6.45, 7) is 5.20. The van der Waals surface area contributed by atoms with Crippen LogP contribution in [0.4, 0.5) is 4.39 Å². The van der Waals surface area contributed by atoms with Gasteiger partial charge in [-0.1, -0.05) is 22.0 Å². The highest BCUT2D eigenvalue weighted by Gasteiger charge is 2.58. The van der Waals surface area contributed by atoms with Crippen LogP contribution in [0.15, 0.2) is 34.3 Å². The van der Waals surface area contributed by atoms with Crippen molar-refractivity contribution in [3.63, 3.8) is 0 Å². The van der Waals surface area contributed by atoms with E-state index in [9.17, 15) is 20.2 Å². The molecular weight excluding hydrogens is 421 g/mol. The van der Waals surface area contributed by atoms with Gasteiger partial charge < -0.3 is 5.41 Å². The van der Waals surface area contributed by atoms with Gasteiger partial charge in [-0.3, -0.25) is 4.90 Å². The number of nitrogens with zero attached hydrogens (tertiary/aromatic N) is 4. The lowest BCUT2D eigenvalue weighted by atomic mass is 9.54. The third kappa shape index (κ3) is 2.94. The Morgan fingerprint density at radius 1 is 1.29 bits per heavy atom. The summed E-state index contributed by atoms with van der Waals surface area (Å²) in [7, 11) is 0. The van der Waals surface area contributed by atoms with Gasteiger partial charge in [0.05, 0.1) is 23.9 Å². The van der Waals surface area contributed by atoms with Gasteiger partial charge in [-0.15, -0.1) is 0 Å². The molecule has 1 aromatic carbocycles. The molecule has 2 aliphatic rings. The average molecular weight is 440 g/mol. The molecule has 0 saturated heterocycles. The fourth-order valence-electron chi connectivity index (χ4n) is 4.35. The van der Waals surface area contributed by atoms with E-state index in [1.807, 2.05) is 32.1 Å². The molecule has 28 heavy (non-hydrogen) atoms. The van der Waals surface area contributed by atoms with Crippen molar-refractivity contribution in [2.24, 2.45) is 17.3 Å². The fourth-order valence-corrected chi connectivity index (χ4v) is 4.73. The van der Waals surface area contributed by atoms with Gasteiger partial charge in [0.25, 0.3) is 0 Å². The molecule has 0 spiro atoms. The molecule has 3 atom stereocenters. The molecule has 3 rings (SSSR count). The van der Waals surface area contributed by atoms with Gasteiger partial charge in [-0.2, -0.15) is 15.8 Å². The lowest BCUT2D eigenvalue weighted by molar-refractivity contribution is 0.170. The summed E-state index contributed by atoms with van der Waals surface area (Å²) in [5, 5.41) is 38.3. The Morgan fingerprint density at radius 3 is 2.54 bits per heavy atom. The maximum absolute atomic E-state index is 14.9. The molecule has 5 nitrogen and oxygen atoms in total. The monoisotopic (exact) mass is 439 g/mol. The summed E-state index contributed by atoms with van der Waals surface area (Å²) in [5.74, 6) is -2.74. The first kappa shape index (κ1) is 20.2. The van der Waals surface area contributed by atoms with Crippen molar-refractivity contribution in [3.8, 4) is 18.2 Å². The molecule has 1 aliphatic carbocycles. The van der Waals surface area contributed by atoms with E-state index in [1.54, 1.807) is 12.1 Å². The van der Waals surface area contributed by atoms with Crippen molar-refractivity contribution < 1.29 is 4.39 Å². The van der Waals surface area contributed by atoms with Crippen LogP contribution in [0.1, 0.15) is 25.3 Å². The van der Waals surface area contributed by atoms with Crippen molar-refractivity contribution in [2.45, 2.75) is 25.8 Å². The zero-order valence-electron chi connectivity index (χ0n) is 15.6. The SMILES string of the molecule is CC(C)N1CC=C2C(C#N)C(=N)C(C#N)(C#N)[C@@H](c3cc(Br)ccc3F)[C@@H]2C1. The van der Waals surface area contributed by atoms with Crippen LogP contribution in [-0.4, -0.2) is 29.7 Å². The van der Waals surface area contributed by atoms with Gasteiger partial charge >= 0.3 is 0 Å². The van der Waals surface area contributed by atoms with Crippen LogP contribution in [0.25, 0.3) is 0 Å². The van der Waals surface area contributed by atoms with E-state index in [4.69, 9.17) is 5.41 Å². The Kier molecular flexibility index (Phi) is 5.39.